The second-order valence-electron chi connectivity index (χ2n) is 5.18. The molecule has 19 heavy (non-hydrogen) atoms. The minimum absolute atomic E-state index is 0.0130. The van der Waals surface area contributed by atoms with E-state index >= 15 is 0 Å². The van der Waals surface area contributed by atoms with Gasteiger partial charge in [-0.25, -0.2) is 0 Å². The molecule has 1 saturated heterocycles. The molecule has 0 bridgehead atoms. The van der Waals surface area contributed by atoms with Crippen molar-refractivity contribution in [3.05, 3.63) is 34.4 Å². The molecule has 1 aromatic carbocycles. The van der Waals surface area contributed by atoms with Crippen molar-refractivity contribution in [3.63, 3.8) is 0 Å². The van der Waals surface area contributed by atoms with Gasteiger partial charge >= 0.3 is 0 Å². The van der Waals surface area contributed by atoms with Crippen LogP contribution in [0.3, 0.4) is 0 Å². The Kier molecular flexibility index (Phi) is 4.56. The van der Waals surface area contributed by atoms with E-state index in [1.165, 1.54) is 22.3 Å². The fourth-order valence-corrected chi connectivity index (χ4v) is 2.52. The van der Waals surface area contributed by atoms with Gasteiger partial charge in [0.15, 0.2) is 0 Å². The van der Waals surface area contributed by atoms with Crippen LogP contribution in [0.5, 0.6) is 0 Å². The maximum Gasteiger partial charge on any atom is 0.239 e. The van der Waals surface area contributed by atoms with E-state index in [4.69, 9.17) is 4.74 Å². The third-order valence-electron chi connectivity index (χ3n) is 3.52. The van der Waals surface area contributed by atoms with Crippen LogP contribution in [-0.2, 0) is 16.1 Å². The number of carbonyl (C=O) groups is 1. The van der Waals surface area contributed by atoms with Crippen LogP contribution in [0.4, 0.5) is 0 Å². The molecule has 0 spiro atoms. The maximum atomic E-state index is 12.0. The SMILES string of the molecule is Cc1cc(C)c(CNC(=O)C2COCCN2)c(C)c1. The number of nitrogens with one attached hydrogen (secondary N) is 2. The summed E-state index contributed by atoms with van der Waals surface area (Å²) in [5, 5.41) is 6.14. The number of rotatable bonds is 3. The molecule has 1 aromatic rings. The highest BCUT2D eigenvalue weighted by atomic mass is 16.5. The predicted molar refractivity (Wildman–Crippen MR) is 75.1 cm³/mol. The van der Waals surface area contributed by atoms with Crippen LogP contribution in [0.1, 0.15) is 22.3 Å². The number of hydrogen-bond donors (Lipinski definition) is 2. The van der Waals surface area contributed by atoms with E-state index in [2.05, 4.69) is 43.5 Å². The van der Waals surface area contributed by atoms with Gasteiger partial charge in [-0.3, -0.25) is 4.79 Å². The van der Waals surface area contributed by atoms with Gasteiger partial charge in [0.25, 0.3) is 0 Å². The second-order valence-corrected chi connectivity index (χ2v) is 5.18. The summed E-state index contributed by atoms with van der Waals surface area (Å²) < 4.78 is 5.30. The molecule has 0 saturated carbocycles. The van der Waals surface area contributed by atoms with E-state index in [0.717, 1.165) is 6.54 Å². The molecule has 1 amide bonds. The van der Waals surface area contributed by atoms with Crippen LogP contribution in [0, 0.1) is 20.8 Å². The molecule has 0 radical (unpaired) electrons. The first kappa shape index (κ1) is 14.0. The first-order valence-corrected chi connectivity index (χ1v) is 6.73. The molecule has 0 aromatic heterocycles. The lowest BCUT2D eigenvalue weighted by Gasteiger charge is -2.23. The zero-order valence-corrected chi connectivity index (χ0v) is 11.9. The average Bonchev–Trinajstić information content (AvgIpc) is 2.38. The van der Waals surface area contributed by atoms with Crippen LogP contribution in [0.15, 0.2) is 12.1 Å². The third kappa shape index (κ3) is 3.55. The van der Waals surface area contributed by atoms with Gasteiger partial charge in [0.2, 0.25) is 5.91 Å². The summed E-state index contributed by atoms with van der Waals surface area (Å²) in [6.45, 7) is 8.71. The van der Waals surface area contributed by atoms with Crippen molar-refractivity contribution in [2.75, 3.05) is 19.8 Å². The van der Waals surface area contributed by atoms with E-state index in [0.29, 0.717) is 19.8 Å². The van der Waals surface area contributed by atoms with Gasteiger partial charge in [-0.05, 0) is 37.5 Å². The van der Waals surface area contributed by atoms with Gasteiger partial charge in [-0.15, -0.1) is 0 Å². The molecule has 2 rings (SSSR count). The maximum absolute atomic E-state index is 12.0. The minimum atomic E-state index is -0.222. The third-order valence-corrected chi connectivity index (χ3v) is 3.52. The normalized spacial score (nSPS) is 19.2. The first-order valence-electron chi connectivity index (χ1n) is 6.73. The number of carbonyl (C=O) groups excluding carboxylic acids is 1. The summed E-state index contributed by atoms with van der Waals surface area (Å²) in [5.74, 6) is 0.0130. The lowest BCUT2D eigenvalue weighted by atomic mass is 10.00. The standard InChI is InChI=1S/C15H22N2O2/c1-10-6-11(2)13(12(3)7-10)8-17-15(18)14-9-19-5-4-16-14/h6-7,14,16H,4-5,8-9H2,1-3H3,(H,17,18). The first-order chi connectivity index (χ1) is 9.08. The quantitative estimate of drug-likeness (QED) is 0.861. The summed E-state index contributed by atoms with van der Waals surface area (Å²) in [5.41, 5.74) is 4.92. The van der Waals surface area contributed by atoms with Gasteiger partial charge < -0.3 is 15.4 Å². The molecule has 1 heterocycles. The van der Waals surface area contributed by atoms with E-state index < -0.39 is 0 Å². The fraction of sp³-hybridized carbons (Fsp3) is 0.533. The van der Waals surface area contributed by atoms with Gasteiger partial charge in [0.1, 0.15) is 6.04 Å². The van der Waals surface area contributed by atoms with Crippen molar-refractivity contribution < 1.29 is 9.53 Å². The Morgan fingerprint density at radius 2 is 2.05 bits per heavy atom. The highest BCUT2D eigenvalue weighted by Gasteiger charge is 2.20. The van der Waals surface area contributed by atoms with Crippen molar-refractivity contribution in [1.29, 1.82) is 0 Å². The molecule has 2 N–H and O–H groups in total. The highest BCUT2D eigenvalue weighted by molar-refractivity contribution is 5.82. The number of benzene rings is 1. The number of morpholine rings is 1. The zero-order chi connectivity index (χ0) is 13.8. The van der Waals surface area contributed by atoms with Crippen molar-refractivity contribution >= 4 is 5.91 Å². The van der Waals surface area contributed by atoms with E-state index in [9.17, 15) is 4.79 Å². The summed E-state index contributed by atoms with van der Waals surface area (Å²) in [6, 6.07) is 4.08. The molecule has 1 fully saturated rings. The Balaban J connectivity index is 1.96. The molecule has 1 aliphatic rings. The average molecular weight is 262 g/mol. The minimum Gasteiger partial charge on any atom is -0.378 e. The van der Waals surface area contributed by atoms with Crippen molar-refractivity contribution in [3.8, 4) is 0 Å². The largest absolute Gasteiger partial charge is 0.378 e. The monoisotopic (exact) mass is 262 g/mol. The lowest BCUT2D eigenvalue weighted by molar-refractivity contribution is -0.126. The van der Waals surface area contributed by atoms with E-state index in [1.54, 1.807) is 0 Å². The summed E-state index contributed by atoms with van der Waals surface area (Å²) in [4.78, 5) is 12.0. The molecular formula is C15H22N2O2. The van der Waals surface area contributed by atoms with Gasteiger partial charge in [0.05, 0.1) is 13.2 Å². The summed E-state index contributed by atoms with van der Waals surface area (Å²) in [6.07, 6.45) is 0. The fourth-order valence-electron chi connectivity index (χ4n) is 2.52. The van der Waals surface area contributed by atoms with Crippen LogP contribution >= 0.6 is 0 Å². The number of hydrogen-bond acceptors (Lipinski definition) is 3. The molecule has 1 unspecified atom stereocenters. The molecule has 104 valence electrons. The topological polar surface area (TPSA) is 50.4 Å². The molecule has 4 heteroatoms. The highest BCUT2D eigenvalue weighted by Crippen LogP contribution is 2.16. The Bertz CT molecular complexity index is 442. The van der Waals surface area contributed by atoms with Crippen molar-refractivity contribution in [2.45, 2.75) is 33.4 Å². The smallest absolute Gasteiger partial charge is 0.239 e. The van der Waals surface area contributed by atoms with Gasteiger partial charge in [0, 0.05) is 13.1 Å². The van der Waals surface area contributed by atoms with Crippen molar-refractivity contribution in [1.82, 2.24) is 10.6 Å². The molecule has 4 nitrogen and oxygen atoms in total. The zero-order valence-electron chi connectivity index (χ0n) is 11.9. The van der Waals surface area contributed by atoms with Gasteiger partial charge in [-0.2, -0.15) is 0 Å². The molecular weight excluding hydrogens is 240 g/mol. The Morgan fingerprint density at radius 1 is 1.37 bits per heavy atom. The Labute approximate surface area is 114 Å². The molecule has 1 atom stereocenters. The van der Waals surface area contributed by atoms with Crippen LogP contribution < -0.4 is 10.6 Å². The van der Waals surface area contributed by atoms with E-state index in [-0.39, 0.29) is 11.9 Å². The predicted octanol–water partition coefficient (Wildman–Crippen LogP) is 1.22. The summed E-state index contributed by atoms with van der Waals surface area (Å²) >= 11 is 0. The van der Waals surface area contributed by atoms with Crippen molar-refractivity contribution in [2.24, 2.45) is 0 Å². The van der Waals surface area contributed by atoms with Crippen LogP contribution in [-0.4, -0.2) is 31.7 Å². The second kappa shape index (κ2) is 6.17. The Morgan fingerprint density at radius 3 is 2.63 bits per heavy atom. The van der Waals surface area contributed by atoms with Gasteiger partial charge in [-0.1, -0.05) is 17.7 Å². The number of amides is 1. The lowest BCUT2D eigenvalue weighted by Crippen LogP contribution is -2.51. The van der Waals surface area contributed by atoms with Crippen LogP contribution in [0.2, 0.25) is 0 Å². The number of ether oxygens (including phenoxy) is 1. The van der Waals surface area contributed by atoms with E-state index in [1.807, 2.05) is 0 Å². The Hall–Kier alpha value is -1.39. The van der Waals surface area contributed by atoms with Crippen LogP contribution in [0.25, 0.3) is 0 Å². The summed E-state index contributed by atoms with van der Waals surface area (Å²) in [7, 11) is 0. The number of aryl methyl sites for hydroxylation is 3. The molecule has 1 aliphatic heterocycles. The molecule has 0 aliphatic carbocycles.